The van der Waals surface area contributed by atoms with Gasteiger partial charge in [0.2, 0.25) is 5.91 Å². The predicted molar refractivity (Wildman–Crippen MR) is 112 cm³/mol. The fourth-order valence-corrected chi connectivity index (χ4v) is 3.97. The van der Waals surface area contributed by atoms with Crippen LogP contribution in [0.25, 0.3) is 28.0 Å². The number of aromatic nitrogens is 5. The molecule has 3 aromatic heterocycles. The summed E-state index contributed by atoms with van der Waals surface area (Å²) in [6.45, 7) is 2.99. The molecule has 0 bridgehead atoms. The second-order valence-corrected chi connectivity index (χ2v) is 7.47. The maximum absolute atomic E-state index is 13.6. The molecule has 4 heterocycles. The highest BCUT2D eigenvalue weighted by Gasteiger charge is 2.28. The molecule has 1 aliphatic heterocycles. The number of benzene rings is 1. The zero-order valence-electron chi connectivity index (χ0n) is 17.4. The number of fused-ring (bicyclic) bond motifs is 2. The van der Waals surface area contributed by atoms with E-state index in [0.29, 0.717) is 36.5 Å². The van der Waals surface area contributed by atoms with E-state index < -0.39 is 5.97 Å². The zero-order valence-corrected chi connectivity index (χ0v) is 17.4. The van der Waals surface area contributed by atoms with Gasteiger partial charge in [0.1, 0.15) is 11.5 Å². The third kappa shape index (κ3) is 3.20. The summed E-state index contributed by atoms with van der Waals surface area (Å²) in [6.07, 6.45) is 3.11. The van der Waals surface area contributed by atoms with E-state index in [0.717, 1.165) is 16.8 Å². The van der Waals surface area contributed by atoms with E-state index in [1.807, 2.05) is 4.68 Å². The van der Waals surface area contributed by atoms with Crippen molar-refractivity contribution in [2.45, 2.75) is 20.0 Å². The summed E-state index contributed by atoms with van der Waals surface area (Å²) in [6, 6.07) is 7.89. The standard InChI is InChI=1S/C22H19FN6O3/c1-13(30)27-9-10-28-18(12-27)19(20(26-28)14-3-5-15(23)6-4-14)16-7-8-24-29-11-17(22(31)32-2)25-21(16)29/h3-8,11H,9-10,12H2,1-2H3. The summed E-state index contributed by atoms with van der Waals surface area (Å²) in [5, 5.41) is 9.06. The Bertz CT molecular complexity index is 1360. The Balaban J connectivity index is 1.77. The Morgan fingerprint density at radius 2 is 1.91 bits per heavy atom. The Morgan fingerprint density at radius 3 is 2.62 bits per heavy atom. The van der Waals surface area contributed by atoms with Crippen molar-refractivity contribution in [1.29, 1.82) is 0 Å². The monoisotopic (exact) mass is 434 g/mol. The van der Waals surface area contributed by atoms with Crippen molar-refractivity contribution in [1.82, 2.24) is 29.3 Å². The first-order chi connectivity index (χ1) is 15.5. The lowest BCUT2D eigenvalue weighted by atomic mass is 9.99. The fourth-order valence-electron chi connectivity index (χ4n) is 3.97. The molecule has 1 amide bonds. The van der Waals surface area contributed by atoms with Gasteiger partial charge < -0.3 is 9.64 Å². The van der Waals surface area contributed by atoms with Crippen molar-refractivity contribution in [2.24, 2.45) is 0 Å². The molecule has 32 heavy (non-hydrogen) atoms. The first-order valence-corrected chi connectivity index (χ1v) is 10.0. The van der Waals surface area contributed by atoms with Crippen LogP contribution in [0.15, 0.2) is 42.7 Å². The normalized spacial score (nSPS) is 13.3. The number of amides is 1. The highest BCUT2D eigenvalue weighted by Crippen LogP contribution is 2.38. The summed E-state index contributed by atoms with van der Waals surface area (Å²) in [7, 11) is 1.29. The molecule has 0 unspecified atom stereocenters. The molecule has 0 fully saturated rings. The smallest absolute Gasteiger partial charge is 0.358 e. The van der Waals surface area contributed by atoms with Crippen molar-refractivity contribution in [3.8, 4) is 22.4 Å². The van der Waals surface area contributed by atoms with E-state index in [9.17, 15) is 14.0 Å². The largest absolute Gasteiger partial charge is 0.464 e. The first-order valence-electron chi connectivity index (χ1n) is 10.0. The van der Waals surface area contributed by atoms with Crippen LogP contribution >= 0.6 is 0 Å². The summed E-state index contributed by atoms with van der Waals surface area (Å²) >= 11 is 0. The Morgan fingerprint density at radius 1 is 1.12 bits per heavy atom. The van der Waals surface area contributed by atoms with E-state index in [1.54, 1.807) is 29.3 Å². The predicted octanol–water partition coefficient (Wildman–Crippen LogP) is 2.55. The number of hydrogen-bond acceptors (Lipinski definition) is 6. The molecular formula is C22H19FN6O3. The van der Waals surface area contributed by atoms with Crippen LogP contribution in [0.2, 0.25) is 0 Å². The van der Waals surface area contributed by atoms with Gasteiger partial charge >= 0.3 is 5.97 Å². The van der Waals surface area contributed by atoms with Gasteiger partial charge in [0.05, 0.1) is 32.1 Å². The number of halogens is 1. The third-order valence-electron chi connectivity index (χ3n) is 5.57. The molecule has 1 aliphatic rings. The van der Waals surface area contributed by atoms with Gasteiger partial charge in [-0.3, -0.25) is 9.48 Å². The van der Waals surface area contributed by atoms with Gasteiger partial charge in [-0.15, -0.1) is 0 Å². The minimum Gasteiger partial charge on any atom is -0.464 e. The molecule has 4 aromatic rings. The first kappa shape index (κ1) is 19.9. The molecular weight excluding hydrogens is 415 g/mol. The number of hydrogen-bond donors (Lipinski definition) is 0. The second-order valence-electron chi connectivity index (χ2n) is 7.47. The molecule has 0 radical (unpaired) electrons. The molecule has 0 aliphatic carbocycles. The van der Waals surface area contributed by atoms with Gasteiger partial charge in [0.25, 0.3) is 0 Å². The van der Waals surface area contributed by atoms with E-state index in [1.165, 1.54) is 36.9 Å². The average molecular weight is 434 g/mol. The summed E-state index contributed by atoms with van der Waals surface area (Å²) in [4.78, 5) is 30.3. The van der Waals surface area contributed by atoms with Crippen molar-refractivity contribution < 1.29 is 18.7 Å². The maximum Gasteiger partial charge on any atom is 0.358 e. The van der Waals surface area contributed by atoms with Crippen LogP contribution in [0.4, 0.5) is 4.39 Å². The molecule has 0 saturated carbocycles. The minimum atomic E-state index is -0.569. The number of carbonyl (C=O) groups is 2. The topological polar surface area (TPSA) is 94.6 Å². The van der Waals surface area contributed by atoms with Crippen LogP contribution in [0, 0.1) is 5.82 Å². The van der Waals surface area contributed by atoms with E-state index in [-0.39, 0.29) is 17.4 Å². The van der Waals surface area contributed by atoms with Gasteiger partial charge in [0, 0.05) is 36.4 Å². The quantitative estimate of drug-likeness (QED) is 0.460. The SMILES string of the molecule is COC(=O)c1cn2nccc(-c3c(-c4ccc(F)cc4)nn4c3CN(C(C)=O)CC4)c2n1. The molecule has 0 N–H and O–H groups in total. The lowest BCUT2D eigenvalue weighted by molar-refractivity contribution is -0.130. The van der Waals surface area contributed by atoms with Crippen LogP contribution in [0.3, 0.4) is 0 Å². The van der Waals surface area contributed by atoms with Crippen molar-refractivity contribution in [3.63, 3.8) is 0 Å². The molecule has 162 valence electrons. The molecule has 0 spiro atoms. The summed E-state index contributed by atoms with van der Waals surface area (Å²) in [5.41, 5.74) is 4.24. The third-order valence-corrected chi connectivity index (χ3v) is 5.57. The summed E-state index contributed by atoms with van der Waals surface area (Å²) in [5.74, 6) is -0.940. The zero-order chi connectivity index (χ0) is 22.4. The van der Waals surface area contributed by atoms with Crippen LogP contribution < -0.4 is 0 Å². The lowest BCUT2D eigenvalue weighted by Crippen LogP contribution is -2.37. The number of rotatable bonds is 3. The van der Waals surface area contributed by atoms with Crippen molar-refractivity contribution >= 4 is 17.5 Å². The number of esters is 1. The van der Waals surface area contributed by atoms with E-state index in [4.69, 9.17) is 9.84 Å². The molecule has 9 nitrogen and oxygen atoms in total. The average Bonchev–Trinajstić information content (AvgIpc) is 3.40. The Labute approximate surface area is 182 Å². The van der Waals surface area contributed by atoms with Gasteiger partial charge in [-0.25, -0.2) is 18.7 Å². The fraction of sp³-hybridized carbons (Fsp3) is 0.227. The van der Waals surface area contributed by atoms with Crippen LogP contribution in [-0.4, -0.2) is 54.8 Å². The Hall–Kier alpha value is -4.08. The molecule has 10 heteroatoms. The number of nitrogens with zero attached hydrogens (tertiary/aromatic N) is 6. The van der Waals surface area contributed by atoms with E-state index in [2.05, 4.69) is 10.1 Å². The molecule has 0 atom stereocenters. The second kappa shape index (κ2) is 7.56. The van der Waals surface area contributed by atoms with Gasteiger partial charge in [-0.05, 0) is 30.3 Å². The number of imidazole rings is 1. The highest BCUT2D eigenvalue weighted by atomic mass is 19.1. The number of carbonyl (C=O) groups excluding carboxylic acids is 2. The molecule has 5 rings (SSSR count). The number of methoxy groups -OCH3 is 1. The molecule has 1 aromatic carbocycles. The lowest BCUT2D eigenvalue weighted by Gasteiger charge is -2.27. The van der Waals surface area contributed by atoms with Crippen LogP contribution in [0.5, 0.6) is 0 Å². The van der Waals surface area contributed by atoms with Gasteiger partial charge in [0.15, 0.2) is 11.3 Å². The van der Waals surface area contributed by atoms with Gasteiger partial charge in [-0.1, -0.05) is 0 Å². The van der Waals surface area contributed by atoms with Crippen molar-refractivity contribution in [3.05, 3.63) is 59.9 Å². The van der Waals surface area contributed by atoms with Gasteiger partial charge in [-0.2, -0.15) is 10.2 Å². The van der Waals surface area contributed by atoms with Crippen LogP contribution in [0.1, 0.15) is 23.1 Å². The summed E-state index contributed by atoms with van der Waals surface area (Å²) < 4.78 is 21.7. The number of ether oxygens (including phenoxy) is 1. The Kier molecular flexibility index (Phi) is 4.69. The van der Waals surface area contributed by atoms with Crippen LogP contribution in [-0.2, 0) is 22.6 Å². The minimum absolute atomic E-state index is 0.0274. The van der Waals surface area contributed by atoms with E-state index >= 15 is 0 Å². The molecule has 0 saturated heterocycles. The van der Waals surface area contributed by atoms with Crippen molar-refractivity contribution in [2.75, 3.05) is 13.7 Å². The highest BCUT2D eigenvalue weighted by molar-refractivity contribution is 5.92. The maximum atomic E-state index is 13.6.